The van der Waals surface area contributed by atoms with Gasteiger partial charge < -0.3 is 9.88 Å². The molecule has 1 aliphatic rings. The van der Waals surface area contributed by atoms with Gasteiger partial charge in [0.15, 0.2) is 0 Å². The molecule has 4 aromatic rings. The third-order valence-electron chi connectivity index (χ3n) is 5.87. The van der Waals surface area contributed by atoms with Gasteiger partial charge in [-0.3, -0.25) is 4.79 Å². The number of carbonyl (C=O) groups is 1. The van der Waals surface area contributed by atoms with Gasteiger partial charge in [0.2, 0.25) is 5.91 Å². The first-order valence-electron chi connectivity index (χ1n) is 10.5. The smallest absolute Gasteiger partial charge is 0.219 e. The van der Waals surface area contributed by atoms with Crippen molar-refractivity contribution in [2.45, 2.75) is 44.7 Å². The number of hydrogen-bond donors (Lipinski definition) is 1. The fourth-order valence-corrected chi connectivity index (χ4v) is 5.24. The average molecular weight is 417 g/mol. The van der Waals surface area contributed by atoms with E-state index in [1.807, 2.05) is 25.5 Å². The molecule has 30 heavy (non-hydrogen) atoms. The fraction of sp³-hybridized carbons (Fsp3) is 0.292. The number of carbonyl (C=O) groups excluding carboxylic acids is 1. The average Bonchev–Trinajstić information content (AvgIpc) is 3.52. The number of imidazole rings is 1. The number of aromatic nitrogens is 3. The summed E-state index contributed by atoms with van der Waals surface area (Å²) in [6.07, 6.45) is 7.43. The summed E-state index contributed by atoms with van der Waals surface area (Å²) in [7, 11) is 0. The molecule has 1 N–H and O–H groups in total. The van der Waals surface area contributed by atoms with Crippen LogP contribution in [0.25, 0.3) is 32.0 Å². The molecule has 2 aromatic heterocycles. The van der Waals surface area contributed by atoms with Gasteiger partial charge in [0.1, 0.15) is 5.01 Å². The van der Waals surface area contributed by atoms with Gasteiger partial charge in [-0.05, 0) is 37.0 Å². The maximum atomic E-state index is 11.7. The maximum absolute atomic E-state index is 11.7. The van der Waals surface area contributed by atoms with Gasteiger partial charge in [-0.15, -0.1) is 11.3 Å². The van der Waals surface area contributed by atoms with E-state index in [-0.39, 0.29) is 11.9 Å². The van der Waals surface area contributed by atoms with E-state index in [4.69, 9.17) is 4.98 Å². The number of fused-ring (bicyclic) bond motifs is 1. The maximum Gasteiger partial charge on any atom is 0.219 e. The highest BCUT2D eigenvalue weighted by molar-refractivity contribution is 7.21. The SMILES string of the molecule is CCC(=O)N[C@H]1CC[C@@H](n2cncc2-c2ccc(-c3nc4ccccc4s3)cc2)C1. The van der Waals surface area contributed by atoms with E-state index in [2.05, 4.69) is 57.3 Å². The minimum Gasteiger partial charge on any atom is -0.353 e. The molecule has 2 atom stereocenters. The lowest BCUT2D eigenvalue weighted by molar-refractivity contribution is -0.121. The molecule has 0 aliphatic heterocycles. The lowest BCUT2D eigenvalue weighted by Gasteiger charge is -2.17. The zero-order valence-corrected chi connectivity index (χ0v) is 17.7. The molecule has 152 valence electrons. The molecule has 6 heteroatoms. The molecule has 0 spiro atoms. The second-order valence-electron chi connectivity index (χ2n) is 7.84. The van der Waals surface area contributed by atoms with Crippen molar-refractivity contribution >= 4 is 27.5 Å². The van der Waals surface area contributed by atoms with E-state index < -0.39 is 0 Å². The predicted octanol–water partition coefficient (Wildman–Crippen LogP) is 5.45. The molecule has 1 saturated carbocycles. The van der Waals surface area contributed by atoms with E-state index in [9.17, 15) is 4.79 Å². The number of amides is 1. The van der Waals surface area contributed by atoms with Crippen molar-refractivity contribution in [1.29, 1.82) is 0 Å². The highest BCUT2D eigenvalue weighted by Crippen LogP contribution is 2.35. The molecule has 1 aliphatic carbocycles. The first kappa shape index (κ1) is 19.0. The number of rotatable bonds is 5. The molecule has 2 heterocycles. The number of nitrogens with one attached hydrogen (secondary N) is 1. The Kier molecular flexibility index (Phi) is 5.09. The highest BCUT2D eigenvalue weighted by Gasteiger charge is 2.28. The van der Waals surface area contributed by atoms with Gasteiger partial charge in [-0.1, -0.05) is 43.3 Å². The fourth-order valence-electron chi connectivity index (χ4n) is 4.27. The van der Waals surface area contributed by atoms with Crippen molar-refractivity contribution in [2.75, 3.05) is 0 Å². The predicted molar refractivity (Wildman–Crippen MR) is 121 cm³/mol. The number of nitrogens with zero attached hydrogens (tertiary/aromatic N) is 3. The van der Waals surface area contributed by atoms with Gasteiger partial charge in [-0.2, -0.15) is 0 Å². The minimum absolute atomic E-state index is 0.136. The lowest BCUT2D eigenvalue weighted by atomic mass is 10.1. The summed E-state index contributed by atoms with van der Waals surface area (Å²) in [4.78, 5) is 20.9. The number of hydrogen-bond acceptors (Lipinski definition) is 4. The van der Waals surface area contributed by atoms with Gasteiger partial charge in [0.25, 0.3) is 0 Å². The Bertz CT molecular complexity index is 1140. The van der Waals surface area contributed by atoms with Crippen LogP contribution in [0, 0.1) is 0 Å². The van der Waals surface area contributed by atoms with E-state index in [0.717, 1.165) is 46.6 Å². The van der Waals surface area contributed by atoms with Crippen molar-refractivity contribution in [3.05, 3.63) is 61.1 Å². The normalized spacial score (nSPS) is 18.7. The monoisotopic (exact) mass is 416 g/mol. The van der Waals surface area contributed by atoms with Crippen molar-refractivity contribution in [1.82, 2.24) is 19.9 Å². The first-order valence-corrected chi connectivity index (χ1v) is 11.3. The largest absolute Gasteiger partial charge is 0.353 e. The zero-order chi connectivity index (χ0) is 20.5. The first-order chi connectivity index (χ1) is 14.7. The number of para-hydroxylation sites is 1. The number of benzene rings is 2. The Hall–Kier alpha value is -2.99. The Morgan fingerprint density at radius 1 is 1.13 bits per heavy atom. The van der Waals surface area contributed by atoms with Crippen LogP contribution in [0.5, 0.6) is 0 Å². The molecule has 0 radical (unpaired) electrons. The van der Waals surface area contributed by atoms with E-state index in [1.165, 1.54) is 4.70 Å². The molecular formula is C24H24N4OS. The summed E-state index contributed by atoms with van der Waals surface area (Å²) in [6.45, 7) is 1.90. The Morgan fingerprint density at radius 2 is 1.93 bits per heavy atom. The molecule has 5 nitrogen and oxygen atoms in total. The van der Waals surface area contributed by atoms with Crippen molar-refractivity contribution in [3.8, 4) is 21.8 Å². The highest BCUT2D eigenvalue weighted by atomic mass is 32.1. The summed E-state index contributed by atoms with van der Waals surface area (Å²) in [5.74, 6) is 0.136. The van der Waals surface area contributed by atoms with Crippen LogP contribution in [-0.4, -0.2) is 26.5 Å². The van der Waals surface area contributed by atoms with Gasteiger partial charge in [0.05, 0.1) is 28.4 Å². The van der Waals surface area contributed by atoms with Crippen LogP contribution in [0.1, 0.15) is 38.6 Å². The number of thiazole rings is 1. The van der Waals surface area contributed by atoms with Gasteiger partial charge in [0, 0.05) is 24.1 Å². The second-order valence-corrected chi connectivity index (χ2v) is 8.87. The standard InChI is InChI=1S/C24H24N4OS/c1-2-23(29)26-18-11-12-19(13-18)28-15-25-14-21(28)16-7-9-17(10-8-16)24-27-20-5-3-4-6-22(20)30-24/h3-10,14-15,18-19H,2,11-13H2,1H3,(H,26,29)/t18-,19+/m0/s1. The van der Waals surface area contributed by atoms with Crippen molar-refractivity contribution in [2.24, 2.45) is 0 Å². The van der Waals surface area contributed by atoms with Gasteiger partial charge in [-0.25, -0.2) is 9.97 Å². The Morgan fingerprint density at radius 3 is 2.73 bits per heavy atom. The van der Waals surface area contributed by atoms with Crippen LogP contribution in [0.4, 0.5) is 0 Å². The van der Waals surface area contributed by atoms with Crippen LogP contribution in [0.3, 0.4) is 0 Å². The van der Waals surface area contributed by atoms with E-state index >= 15 is 0 Å². The summed E-state index contributed by atoms with van der Waals surface area (Å²) in [5.41, 5.74) is 4.46. The van der Waals surface area contributed by atoms with Gasteiger partial charge >= 0.3 is 0 Å². The molecule has 5 rings (SSSR count). The second kappa shape index (κ2) is 8.03. The summed E-state index contributed by atoms with van der Waals surface area (Å²) in [6, 6.07) is 17.5. The Labute approximate surface area is 179 Å². The molecule has 2 aromatic carbocycles. The molecule has 1 fully saturated rings. The van der Waals surface area contributed by atoms with E-state index in [1.54, 1.807) is 11.3 Å². The lowest BCUT2D eigenvalue weighted by Crippen LogP contribution is -2.32. The van der Waals surface area contributed by atoms with Crippen LogP contribution < -0.4 is 5.32 Å². The van der Waals surface area contributed by atoms with Crippen LogP contribution in [-0.2, 0) is 4.79 Å². The molecule has 1 amide bonds. The Balaban J connectivity index is 1.36. The third-order valence-corrected chi connectivity index (χ3v) is 6.96. The van der Waals surface area contributed by atoms with Crippen molar-refractivity contribution in [3.63, 3.8) is 0 Å². The molecule has 0 bridgehead atoms. The van der Waals surface area contributed by atoms with Crippen LogP contribution in [0.15, 0.2) is 61.1 Å². The third kappa shape index (κ3) is 3.63. The molecular weight excluding hydrogens is 392 g/mol. The van der Waals surface area contributed by atoms with Crippen molar-refractivity contribution < 1.29 is 4.79 Å². The minimum atomic E-state index is 0.136. The molecule has 0 saturated heterocycles. The summed E-state index contributed by atoms with van der Waals surface area (Å²) >= 11 is 1.72. The van der Waals surface area contributed by atoms with Crippen LogP contribution in [0.2, 0.25) is 0 Å². The zero-order valence-electron chi connectivity index (χ0n) is 16.9. The summed E-state index contributed by atoms with van der Waals surface area (Å²) in [5, 5.41) is 4.18. The van der Waals surface area contributed by atoms with Crippen LogP contribution >= 0.6 is 11.3 Å². The topological polar surface area (TPSA) is 59.8 Å². The van der Waals surface area contributed by atoms with E-state index in [0.29, 0.717) is 12.5 Å². The summed E-state index contributed by atoms with van der Waals surface area (Å²) < 4.78 is 3.48. The molecule has 0 unspecified atom stereocenters. The quantitative estimate of drug-likeness (QED) is 0.471.